The van der Waals surface area contributed by atoms with Crippen LogP contribution in [0, 0.1) is 19.8 Å². The number of benzene rings is 2. The van der Waals surface area contributed by atoms with E-state index in [-0.39, 0.29) is 29.9 Å². The van der Waals surface area contributed by atoms with Crippen molar-refractivity contribution in [3.8, 4) is 5.75 Å². The smallest absolute Gasteiger partial charge is 0.294 e. The third-order valence-electron chi connectivity index (χ3n) is 6.71. The molecule has 0 aromatic heterocycles. The highest BCUT2D eigenvalue weighted by molar-refractivity contribution is 9.10. The number of rotatable bonds is 7. The van der Waals surface area contributed by atoms with E-state index in [0.29, 0.717) is 36.0 Å². The number of likely N-dealkylation sites (tertiary alicyclic amines) is 1. The highest BCUT2D eigenvalue weighted by Gasteiger charge is 2.37. The largest absolute Gasteiger partial charge is 0.484 e. The number of hydrogen-bond donors (Lipinski definition) is 1. The van der Waals surface area contributed by atoms with E-state index in [4.69, 9.17) is 4.74 Å². The Labute approximate surface area is 234 Å². The summed E-state index contributed by atoms with van der Waals surface area (Å²) in [5, 5.41) is 2.39. The van der Waals surface area contributed by atoms with E-state index in [2.05, 4.69) is 28.2 Å². The summed E-state index contributed by atoms with van der Waals surface area (Å²) in [6.45, 7) is 7.06. The number of nitrogens with one attached hydrogen (secondary N) is 1. The molecule has 4 amide bonds. The summed E-state index contributed by atoms with van der Waals surface area (Å²) < 4.78 is 6.40. The van der Waals surface area contributed by atoms with Crippen LogP contribution in [0.1, 0.15) is 36.5 Å². The highest BCUT2D eigenvalue weighted by atomic mass is 79.9. The summed E-state index contributed by atoms with van der Waals surface area (Å²) >= 11 is 4.29. The molecule has 200 valence electrons. The molecule has 38 heavy (non-hydrogen) atoms. The number of piperidine rings is 1. The van der Waals surface area contributed by atoms with Crippen molar-refractivity contribution in [1.82, 2.24) is 9.80 Å². The molecule has 0 radical (unpaired) electrons. The monoisotopic (exact) mass is 599 g/mol. The first-order valence-electron chi connectivity index (χ1n) is 12.4. The summed E-state index contributed by atoms with van der Waals surface area (Å²) in [6.07, 6.45) is 3.48. The van der Waals surface area contributed by atoms with E-state index < -0.39 is 11.1 Å². The van der Waals surface area contributed by atoms with E-state index in [1.807, 2.05) is 26.0 Å². The molecule has 2 saturated heterocycles. The van der Waals surface area contributed by atoms with E-state index in [9.17, 15) is 19.2 Å². The SMILES string of the molecule is Cc1cc(Br)c(NC(=O)COc2ccc(/C=C3/SC(=O)N(CC(=O)N4CCC(C)CC4)C3=O)cc2)cc1C. The number of thioether (sulfide) groups is 1. The molecular formula is C28H30BrN3O5S. The molecule has 4 rings (SSSR count). The molecule has 8 nitrogen and oxygen atoms in total. The van der Waals surface area contributed by atoms with Crippen LogP contribution in [0.2, 0.25) is 0 Å². The third kappa shape index (κ3) is 6.85. The Bertz CT molecular complexity index is 1290. The maximum atomic E-state index is 12.8. The first-order valence-corrected chi connectivity index (χ1v) is 14.0. The third-order valence-corrected chi connectivity index (χ3v) is 8.27. The van der Waals surface area contributed by atoms with Gasteiger partial charge in [0.2, 0.25) is 5.91 Å². The molecule has 2 aliphatic rings. The minimum Gasteiger partial charge on any atom is -0.484 e. The van der Waals surface area contributed by atoms with E-state index in [1.54, 1.807) is 35.2 Å². The van der Waals surface area contributed by atoms with Crippen LogP contribution >= 0.6 is 27.7 Å². The van der Waals surface area contributed by atoms with Gasteiger partial charge in [-0.15, -0.1) is 0 Å². The van der Waals surface area contributed by atoms with Crippen molar-refractivity contribution < 1.29 is 23.9 Å². The fourth-order valence-electron chi connectivity index (χ4n) is 4.15. The molecule has 0 spiro atoms. The Morgan fingerprint density at radius 1 is 1.11 bits per heavy atom. The summed E-state index contributed by atoms with van der Waals surface area (Å²) in [7, 11) is 0. The van der Waals surface area contributed by atoms with E-state index in [1.165, 1.54) is 0 Å². The quantitative estimate of drug-likeness (QED) is 0.429. The van der Waals surface area contributed by atoms with Gasteiger partial charge >= 0.3 is 0 Å². The summed E-state index contributed by atoms with van der Waals surface area (Å²) in [5.41, 5.74) is 3.57. The number of anilines is 1. The Morgan fingerprint density at radius 3 is 2.45 bits per heavy atom. The average molecular weight is 601 g/mol. The van der Waals surface area contributed by atoms with Crippen molar-refractivity contribution in [3.63, 3.8) is 0 Å². The van der Waals surface area contributed by atoms with Gasteiger partial charge < -0.3 is 15.0 Å². The summed E-state index contributed by atoms with van der Waals surface area (Å²) in [5.74, 6) is 0.119. The molecule has 1 N–H and O–H groups in total. The molecule has 2 aromatic rings. The van der Waals surface area contributed by atoms with E-state index >= 15 is 0 Å². The topological polar surface area (TPSA) is 96.0 Å². The van der Waals surface area contributed by atoms with Gasteiger partial charge in [-0.05, 0) is 107 Å². The van der Waals surface area contributed by atoms with Crippen molar-refractivity contribution in [2.45, 2.75) is 33.6 Å². The molecule has 2 aromatic carbocycles. The Balaban J connectivity index is 1.31. The fraction of sp³-hybridized carbons (Fsp3) is 0.357. The summed E-state index contributed by atoms with van der Waals surface area (Å²) in [4.78, 5) is 53.2. The molecule has 2 aliphatic heterocycles. The van der Waals surface area contributed by atoms with Crippen LogP contribution in [0.3, 0.4) is 0 Å². The summed E-state index contributed by atoms with van der Waals surface area (Å²) in [6, 6.07) is 10.7. The van der Waals surface area contributed by atoms with Crippen molar-refractivity contribution >= 4 is 62.4 Å². The van der Waals surface area contributed by atoms with Crippen molar-refractivity contribution in [2.24, 2.45) is 5.92 Å². The van der Waals surface area contributed by atoms with Gasteiger partial charge in [0.1, 0.15) is 12.3 Å². The minimum atomic E-state index is -0.465. The second-order valence-corrected chi connectivity index (χ2v) is 11.5. The standard InChI is InChI=1S/C28H30BrN3O5S/c1-17-8-10-31(11-9-17)26(34)15-32-27(35)24(38-28(32)36)14-20-4-6-21(7-5-20)37-16-25(33)30-23-13-19(3)18(2)12-22(23)29/h4-7,12-14,17H,8-11,15-16H2,1-3H3,(H,30,33)/b24-14+. The van der Waals surface area contributed by atoms with Crippen molar-refractivity contribution in [3.05, 3.63) is 62.5 Å². The van der Waals surface area contributed by atoms with Gasteiger partial charge in [0.15, 0.2) is 6.61 Å². The number of amides is 4. The van der Waals surface area contributed by atoms with Crippen LogP contribution < -0.4 is 10.1 Å². The second-order valence-electron chi connectivity index (χ2n) is 9.65. The van der Waals surface area contributed by atoms with Gasteiger partial charge in [0.25, 0.3) is 17.1 Å². The number of imide groups is 1. The number of aryl methyl sites for hydroxylation is 2. The predicted molar refractivity (Wildman–Crippen MR) is 152 cm³/mol. The number of hydrogen-bond acceptors (Lipinski definition) is 6. The lowest BCUT2D eigenvalue weighted by Crippen LogP contribution is -2.45. The Hall–Kier alpha value is -3.11. The number of carbonyl (C=O) groups excluding carboxylic acids is 4. The van der Waals surface area contributed by atoms with Gasteiger partial charge in [-0.3, -0.25) is 24.1 Å². The lowest BCUT2D eigenvalue weighted by atomic mass is 9.99. The molecule has 0 atom stereocenters. The number of carbonyl (C=O) groups is 4. The van der Waals surface area contributed by atoms with E-state index in [0.717, 1.165) is 45.1 Å². The van der Waals surface area contributed by atoms with Crippen LogP contribution in [-0.2, 0) is 14.4 Å². The second kappa shape index (κ2) is 12.2. The average Bonchev–Trinajstić information content (AvgIpc) is 3.14. The van der Waals surface area contributed by atoms with Gasteiger partial charge in [-0.1, -0.05) is 19.1 Å². The van der Waals surface area contributed by atoms with Crippen LogP contribution in [0.5, 0.6) is 5.75 Å². The molecule has 2 heterocycles. The molecule has 0 unspecified atom stereocenters. The van der Waals surface area contributed by atoms with Gasteiger partial charge in [0.05, 0.1) is 10.6 Å². The Kier molecular flexibility index (Phi) is 8.94. The fourth-order valence-corrected chi connectivity index (χ4v) is 5.55. The van der Waals surface area contributed by atoms with Gasteiger partial charge in [-0.25, -0.2) is 0 Å². The molecular weight excluding hydrogens is 570 g/mol. The van der Waals surface area contributed by atoms with Crippen LogP contribution in [0.25, 0.3) is 6.08 Å². The molecule has 2 fully saturated rings. The number of halogens is 1. The molecule has 10 heteroatoms. The highest BCUT2D eigenvalue weighted by Crippen LogP contribution is 2.32. The van der Waals surface area contributed by atoms with Crippen molar-refractivity contribution in [1.29, 1.82) is 0 Å². The first kappa shape index (κ1) is 27.9. The maximum Gasteiger partial charge on any atom is 0.294 e. The predicted octanol–water partition coefficient (Wildman–Crippen LogP) is 5.38. The van der Waals surface area contributed by atoms with Crippen LogP contribution in [0.4, 0.5) is 10.5 Å². The number of nitrogens with zero attached hydrogens (tertiary/aromatic N) is 2. The normalized spacial score (nSPS) is 17.3. The van der Waals surface area contributed by atoms with Crippen LogP contribution in [-0.4, -0.2) is 59.0 Å². The molecule has 0 bridgehead atoms. The number of ether oxygens (including phenoxy) is 1. The zero-order valence-electron chi connectivity index (χ0n) is 21.6. The lowest BCUT2D eigenvalue weighted by molar-refractivity contribution is -0.136. The van der Waals surface area contributed by atoms with Gasteiger partial charge in [-0.2, -0.15) is 0 Å². The minimum absolute atomic E-state index is 0.165. The molecule has 0 aliphatic carbocycles. The van der Waals surface area contributed by atoms with Gasteiger partial charge in [0, 0.05) is 17.6 Å². The van der Waals surface area contributed by atoms with Crippen molar-refractivity contribution in [2.75, 3.05) is 31.6 Å². The first-order chi connectivity index (χ1) is 18.1. The maximum absolute atomic E-state index is 12.8. The zero-order valence-corrected chi connectivity index (χ0v) is 24.0. The Morgan fingerprint density at radius 2 is 1.76 bits per heavy atom. The van der Waals surface area contributed by atoms with Crippen LogP contribution in [0.15, 0.2) is 45.8 Å². The zero-order chi connectivity index (χ0) is 27.4. The molecule has 0 saturated carbocycles. The lowest BCUT2D eigenvalue weighted by Gasteiger charge is -2.31.